The number of unbranched alkanes of at least 4 members (excludes halogenated alkanes) is 8. The maximum Gasteiger partial charge on any atom is 0.0231 e. The lowest BCUT2D eigenvalue weighted by Crippen LogP contribution is -1.85. The van der Waals surface area contributed by atoms with E-state index in [0.29, 0.717) is 0 Å². The molecule has 2 heteroatoms. The fourth-order valence-corrected chi connectivity index (χ4v) is 5.89. The van der Waals surface area contributed by atoms with Crippen molar-refractivity contribution in [2.75, 3.05) is 5.75 Å². The van der Waals surface area contributed by atoms with Gasteiger partial charge in [-0.3, -0.25) is 0 Å². The quantitative estimate of drug-likeness (QED) is 0.145. The fourth-order valence-electron chi connectivity index (χ4n) is 4.13. The Kier molecular flexibility index (Phi) is 12.8. The summed E-state index contributed by atoms with van der Waals surface area (Å²) in [5.74, 6) is 2.26. The van der Waals surface area contributed by atoms with Gasteiger partial charge in [-0.1, -0.05) is 114 Å². The number of aryl methyl sites for hydroxylation is 1. The maximum absolute atomic E-state index is 2.29. The lowest BCUT2D eigenvalue weighted by Gasteiger charge is -2.07. The highest BCUT2D eigenvalue weighted by atomic mass is 32.2. The molecule has 0 aliphatic heterocycles. The molecule has 0 radical (unpaired) electrons. The topological polar surface area (TPSA) is 0 Å². The van der Waals surface area contributed by atoms with Crippen LogP contribution in [0.2, 0.25) is 0 Å². The molecule has 0 amide bonds. The lowest BCUT2D eigenvalue weighted by molar-refractivity contribution is 0.573. The van der Waals surface area contributed by atoms with Crippen LogP contribution in [0.15, 0.2) is 82.6 Å². The van der Waals surface area contributed by atoms with E-state index >= 15 is 0 Å². The Balaban J connectivity index is 1.34. The molecule has 3 aromatic rings. The second kappa shape index (κ2) is 16.1. The van der Waals surface area contributed by atoms with Crippen molar-refractivity contribution in [2.45, 2.75) is 93.6 Å². The summed E-state index contributed by atoms with van der Waals surface area (Å²) in [5, 5.41) is 0. The highest BCUT2D eigenvalue weighted by Crippen LogP contribution is 2.28. The Bertz CT molecular complexity index is 911. The van der Waals surface area contributed by atoms with E-state index in [9.17, 15) is 0 Å². The van der Waals surface area contributed by atoms with E-state index < -0.39 is 0 Å². The van der Waals surface area contributed by atoms with Crippen molar-refractivity contribution in [3.05, 3.63) is 83.9 Å². The Morgan fingerprint density at radius 2 is 0.941 bits per heavy atom. The second-order valence-corrected chi connectivity index (χ2v) is 11.4. The van der Waals surface area contributed by atoms with Gasteiger partial charge in [0.1, 0.15) is 0 Å². The average molecular weight is 491 g/mol. The number of thioether (sulfide) groups is 2. The molecular formula is C32H42S2. The van der Waals surface area contributed by atoms with Gasteiger partial charge in [0, 0.05) is 15.5 Å². The molecule has 0 aliphatic carbocycles. The van der Waals surface area contributed by atoms with Crippen LogP contribution in [0.3, 0.4) is 0 Å². The molecule has 0 bridgehead atoms. The first kappa shape index (κ1) is 27.0. The SMILES string of the molecule is CCCCCCCCCCCSc1ccc(-c2ccc(SCc3ccc(CC)cc3)cc2)cc1. The van der Waals surface area contributed by atoms with Crippen LogP contribution in [-0.4, -0.2) is 5.75 Å². The summed E-state index contributed by atoms with van der Waals surface area (Å²) >= 11 is 3.92. The second-order valence-electron chi connectivity index (χ2n) is 9.18. The lowest BCUT2D eigenvalue weighted by atomic mass is 10.1. The molecule has 0 heterocycles. The molecule has 3 aromatic carbocycles. The molecule has 0 unspecified atom stereocenters. The van der Waals surface area contributed by atoms with Crippen LogP contribution in [-0.2, 0) is 12.2 Å². The number of hydrogen-bond acceptors (Lipinski definition) is 2. The van der Waals surface area contributed by atoms with Crippen LogP contribution in [0.1, 0.15) is 82.8 Å². The van der Waals surface area contributed by atoms with E-state index in [-0.39, 0.29) is 0 Å². The summed E-state index contributed by atoms with van der Waals surface area (Å²) in [6.07, 6.45) is 13.7. The summed E-state index contributed by atoms with van der Waals surface area (Å²) in [6.45, 7) is 4.49. The highest BCUT2D eigenvalue weighted by Gasteiger charge is 2.02. The zero-order chi connectivity index (χ0) is 23.8. The van der Waals surface area contributed by atoms with Crippen molar-refractivity contribution < 1.29 is 0 Å². The third-order valence-corrected chi connectivity index (χ3v) is 8.58. The number of rotatable bonds is 16. The van der Waals surface area contributed by atoms with E-state index in [1.807, 2.05) is 23.5 Å². The van der Waals surface area contributed by atoms with Crippen LogP contribution in [0.25, 0.3) is 11.1 Å². The van der Waals surface area contributed by atoms with Gasteiger partial charge in [0.25, 0.3) is 0 Å². The first-order valence-electron chi connectivity index (χ1n) is 13.3. The van der Waals surface area contributed by atoms with Crippen LogP contribution in [0.4, 0.5) is 0 Å². The molecule has 0 nitrogen and oxygen atoms in total. The third-order valence-electron chi connectivity index (χ3n) is 6.40. The molecular weight excluding hydrogens is 448 g/mol. The van der Waals surface area contributed by atoms with Gasteiger partial charge in [0.15, 0.2) is 0 Å². The molecule has 34 heavy (non-hydrogen) atoms. The van der Waals surface area contributed by atoms with Crippen LogP contribution in [0, 0.1) is 0 Å². The molecule has 0 fully saturated rings. The zero-order valence-corrected chi connectivity index (χ0v) is 22.9. The monoisotopic (exact) mass is 490 g/mol. The van der Waals surface area contributed by atoms with Crippen molar-refractivity contribution >= 4 is 23.5 Å². The molecule has 3 rings (SSSR count). The predicted octanol–water partition coefficient (Wildman–Crippen LogP) is 10.8. The molecule has 0 atom stereocenters. The normalized spacial score (nSPS) is 11.1. The fraction of sp³-hybridized carbons (Fsp3) is 0.438. The summed E-state index contributed by atoms with van der Waals surface area (Å²) in [4.78, 5) is 2.72. The Morgan fingerprint density at radius 3 is 1.47 bits per heavy atom. The molecule has 0 saturated heterocycles. The van der Waals surface area contributed by atoms with Gasteiger partial charge < -0.3 is 0 Å². The van der Waals surface area contributed by atoms with E-state index in [2.05, 4.69) is 86.6 Å². The first-order valence-corrected chi connectivity index (χ1v) is 15.3. The van der Waals surface area contributed by atoms with Crippen molar-refractivity contribution in [1.82, 2.24) is 0 Å². The van der Waals surface area contributed by atoms with Crippen molar-refractivity contribution in [1.29, 1.82) is 0 Å². The summed E-state index contributed by atoms with van der Waals surface area (Å²) in [7, 11) is 0. The number of hydrogen-bond donors (Lipinski definition) is 0. The van der Waals surface area contributed by atoms with E-state index in [1.54, 1.807) is 0 Å². The van der Waals surface area contributed by atoms with Crippen LogP contribution < -0.4 is 0 Å². The summed E-state index contributed by atoms with van der Waals surface area (Å²) in [5.41, 5.74) is 5.40. The summed E-state index contributed by atoms with van der Waals surface area (Å²) < 4.78 is 0. The Labute approximate surface area is 217 Å². The first-order chi connectivity index (χ1) is 16.8. The Morgan fingerprint density at radius 1 is 0.471 bits per heavy atom. The zero-order valence-electron chi connectivity index (χ0n) is 21.2. The average Bonchev–Trinajstić information content (AvgIpc) is 2.89. The van der Waals surface area contributed by atoms with Crippen molar-refractivity contribution in [3.8, 4) is 11.1 Å². The molecule has 0 saturated carbocycles. The largest absolute Gasteiger partial charge is 0.126 e. The van der Waals surface area contributed by atoms with Gasteiger partial charge in [0.2, 0.25) is 0 Å². The molecule has 182 valence electrons. The smallest absolute Gasteiger partial charge is 0.0231 e. The van der Waals surface area contributed by atoms with Gasteiger partial charge in [-0.25, -0.2) is 0 Å². The minimum Gasteiger partial charge on any atom is -0.126 e. The molecule has 0 N–H and O–H groups in total. The van der Waals surface area contributed by atoms with Gasteiger partial charge >= 0.3 is 0 Å². The van der Waals surface area contributed by atoms with Crippen LogP contribution in [0.5, 0.6) is 0 Å². The minimum absolute atomic E-state index is 1.02. The number of benzene rings is 3. The summed E-state index contributed by atoms with van der Waals surface area (Å²) in [6, 6.07) is 27.2. The Hall–Kier alpha value is -1.64. The van der Waals surface area contributed by atoms with Crippen LogP contribution >= 0.6 is 23.5 Å². The van der Waals surface area contributed by atoms with Gasteiger partial charge in [-0.2, -0.15) is 0 Å². The maximum atomic E-state index is 2.29. The predicted molar refractivity (Wildman–Crippen MR) is 155 cm³/mol. The molecule has 0 spiro atoms. The van der Waals surface area contributed by atoms with Gasteiger partial charge in [-0.15, -0.1) is 23.5 Å². The molecule has 0 aromatic heterocycles. The van der Waals surface area contributed by atoms with Crippen molar-refractivity contribution in [2.24, 2.45) is 0 Å². The van der Waals surface area contributed by atoms with Gasteiger partial charge in [0.05, 0.1) is 0 Å². The van der Waals surface area contributed by atoms with Crippen molar-refractivity contribution in [3.63, 3.8) is 0 Å². The standard InChI is InChI=1S/C32H42S2/c1-3-5-6-7-8-9-10-11-12-25-33-31-21-17-29(18-22-31)30-19-23-32(24-20-30)34-26-28-15-13-27(4-2)14-16-28/h13-24H,3-12,25-26H2,1-2H3. The van der Waals surface area contributed by atoms with E-state index in [4.69, 9.17) is 0 Å². The minimum atomic E-state index is 1.02. The van der Waals surface area contributed by atoms with E-state index in [0.717, 1.165) is 12.2 Å². The van der Waals surface area contributed by atoms with E-state index in [1.165, 1.54) is 95.6 Å². The molecule has 0 aliphatic rings. The van der Waals surface area contributed by atoms with Gasteiger partial charge in [-0.05, 0) is 65.1 Å². The highest BCUT2D eigenvalue weighted by molar-refractivity contribution is 7.99. The third kappa shape index (κ3) is 9.92.